The highest BCUT2D eigenvalue weighted by Crippen LogP contribution is 2.49. The van der Waals surface area contributed by atoms with Gasteiger partial charge in [-0.3, -0.25) is 4.79 Å². The van der Waals surface area contributed by atoms with Gasteiger partial charge < -0.3 is 10.5 Å². The number of ketones is 1. The van der Waals surface area contributed by atoms with Crippen LogP contribution < -0.4 is 5.73 Å². The summed E-state index contributed by atoms with van der Waals surface area (Å²) < 4.78 is 5.27. The number of hydrogen-bond donors (Lipinski definition) is 1. The van der Waals surface area contributed by atoms with Crippen molar-refractivity contribution in [3.8, 4) is 0 Å². The Morgan fingerprint density at radius 1 is 1.25 bits per heavy atom. The predicted octanol–water partition coefficient (Wildman–Crippen LogP) is 1.36. The molecule has 0 spiro atoms. The topological polar surface area (TPSA) is 52.3 Å². The van der Waals surface area contributed by atoms with E-state index in [0.717, 1.165) is 18.3 Å². The zero-order valence-corrected chi connectivity index (χ0v) is 9.73. The standard InChI is InChI=1S/C13H21NO2/c14-12-7-16-6-11(12)13(15)5-10-4-8-1-2-9(10)3-8/h8-12H,1-7,14H2. The summed E-state index contributed by atoms with van der Waals surface area (Å²) in [6.45, 7) is 1.12. The van der Waals surface area contributed by atoms with Crippen molar-refractivity contribution in [1.82, 2.24) is 0 Å². The van der Waals surface area contributed by atoms with Crippen molar-refractivity contribution >= 4 is 5.78 Å². The Balaban J connectivity index is 1.56. The molecule has 2 bridgehead atoms. The summed E-state index contributed by atoms with van der Waals surface area (Å²) in [4.78, 5) is 12.1. The van der Waals surface area contributed by atoms with Crippen LogP contribution in [0.1, 0.15) is 32.1 Å². The van der Waals surface area contributed by atoms with Crippen LogP contribution >= 0.6 is 0 Å². The number of ether oxygens (including phenoxy) is 1. The number of Topliss-reactive ketones (excluding diaryl/α,β-unsaturated/α-hetero) is 1. The molecule has 5 atom stereocenters. The molecule has 0 aromatic rings. The first-order chi connectivity index (χ1) is 7.74. The molecule has 1 heterocycles. The second-order valence-corrected chi connectivity index (χ2v) is 5.91. The fraction of sp³-hybridized carbons (Fsp3) is 0.923. The second-order valence-electron chi connectivity index (χ2n) is 5.91. The number of carbonyl (C=O) groups excluding carboxylic acids is 1. The third kappa shape index (κ3) is 1.80. The van der Waals surface area contributed by atoms with Crippen molar-refractivity contribution in [1.29, 1.82) is 0 Å². The lowest BCUT2D eigenvalue weighted by Crippen LogP contribution is -2.35. The predicted molar refractivity (Wildman–Crippen MR) is 60.8 cm³/mol. The highest BCUT2D eigenvalue weighted by Gasteiger charge is 2.41. The number of fused-ring (bicyclic) bond motifs is 2. The van der Waals surface area contributed by atoms with Crippen molar-refractivity contribution < 1.29 is 9.53 Å². The Hall–Kier alpha value is -0.410. The van der Waals surface area contributed by atoms with E-state index in [1.54, 1.807) is 0 Å². The molecule has 1 aliphatic heterocycles. The van der Waals surface area contributed by atoms with Crippen molar-refractivity contribution in [2.45, 2.75) is 38.1 Å². The van der Waals surface area contributed by atoms with Crippen molar-refractivity contribution in [2.75, 3.05) is 13.2 Å². The van der Waals surface area contributed by atoms with Crippen LogP contribution in [0.25, 0.3) is 0 Å². The first kappa shape index (κ1) is 10.7. The van der Waals surface area contributed by atoms with E-state index in [1.165, 1.54) is 25.7 Å². The normalized spacial score (nSPS) is 46.4. The maximum atomic E-state index is 12.1. The summed E-state index contributed by atoms with van der Waals surface area (Å²) in [6.07, 6.45) is 6.20. The molecule has 16 heavy (non-hydrogen) atoms. The molecule has 0 amide bonds. The molecule has 90 valence electrons. The van der Waals surface area contributed by atoms with Crippen molar-refractivity contribution in [3.05, 3.63) is 0 Å². The minimum absolute atomic E-state index is 0.0147. The van der Waals surface area contributed by atoms with E-state index >= 15 is 0 Å². The van der Waals surface area contributed by atoms with Gasteiger partial charge in [-0.05, 0) is 37.0 Å². The Bertz CT molecular complexity index is 292. The maximum Gasteiger partial charge on any atom is 0.140 e. The van der Waals surface area contributed by atoms with Gasteiger partial charge in [-0.15, -0.1) is 0 Å². The summed E-state index contributed by atoms with van der Waals surface area (Å²) in [5, 5.41) is 0. The smallest absolute Gasteiger partial charge is 0.140 e. The van der Waals surface area contributed by atoms with Gasteiger partial charge in [0.1, 0.15) is 5.78 Å². The second kappa shape index (κ2) is 4.11. The van der Waals surface area contributed by atoms with Crippen LogP contribution in [-0.4, -0.2) is 25.0 Å². The van der Waals surface area contributed by atoms with E-state index in [4.69, 9.17) is 10.5 Å². The number of rotatable bonds is 3. The summed E-state index contributed by atoms with van der Waals surface area (Å²) in [5.74, 6) is 2.78. The Kier molecular flexibility index (Phi) is 2.76. The fourth-order valence-electron chi connectivity index (χ4n) is 3.94. The molecule has 3 aliphatic rings. The first-order valence-electron chi connectivity index (χ1n) is 6.60. The van der Waals surface area contributed by atoms with Gasteiger partial charge in [0.05, 0.1) is 19.1 Å². The van der Waals surface area contributed by atoms with Crippen molar-refractivity contribution in [3.63, 3.8) is 0 Å². The average Bonchev–Trinajstić information content (AvgIpc) is 2.92. The van der Waals surface area contributed by atoms with Gasteiger partial charge in [-0.25, -0.2) is 0 Å². The van der Waals surface area contributed by atoms with E-state index in [9.17, 15) is 4.79 Å². The van der Waals surface area contributed by atoms with Crippen LogP contribution in [0.4, 0.5) is 0 Å². The van der Waals surface area contributed by atoms with Gasteiger partial charge in [-0.1, -0.05) is 6.42 Å². The highest BCUT2D eigenvalue weighted by molar-refractivity contribution is 5.82. The number of hydrogen-bond acceptors (Lipinski definition) is 3. The van der Waals surface area contributed by atoms with E-state index in [-0.39, 0.29) is 12.0 Å². The molecule has 3 nitrogen and oxygen atoms in total. The molecule has 2 N–H and O–H groups in total. The van der Waals surface area contributed by atoms with E-state index in [1.807, 2.05) is 0 Å². The first-order valence-corrected chi connectivity index (χ1v) is 6.60. The number of nitrogens with two attached hydrogens (primary N) is 1. The lowest BCUT2D eigenvalue weighted by molar-refractivity contribution is -0.124. The third-order valence-electron chi connectivity index (χ3n) is 4.89. The molecule has 3 rings (SSSR count). The van der Waals surface area contributed by atoms with Crippen molar-refractivity contribution in [2.24, 2.45) is 29.4 Å². The average molecular weight is 223 g/mol. The molecule has 0 radical (unpaired) electrons. The molecule has 3 fully saturated rings. The van der Waals surface area contributed by atoms with Gasteiger partial charge in [0.15, 0.2) is 0 Å². The molecule has 0 aromatic heterocycles. The van der Waals surface area contributed by atoms with E-state index in [2.05, 4.69) is 0 Å². The van der Waals surface area contributed by atoms with E-state index < -0.39 is 0 Å². The molecule has 2 saturated carbocycles. The van der Waals surface area contributed by atoms with Gasteiger partial charge in [0, 0.05) is 12.5 Å². The zero-order chi connectivity index (χ0) is 11.1. The van der Waals surface area contributed by atoms with Crippen LogP contribution in [0.15, 0.2) is 0 Å². The monoisotopic (exact) mass is 223 g/mol. The summed E-state index contributed by atoms with van der Waals surface area (Å²) in [6, 6.07) is -0.0499. The molecule has 3 heteroatoms. The van der Waals surface area contributed by atoms with Crippen LogP contribution in [0.3, 0.4) is 0 Å². The van der Waals surface area contributed by atoms with Crippen LogP contribution in [0, 0.1) is 23.7 Å². The minimum Gasteiger partial charge on any atom is -0.379 e. The summed E-state index contributed by atoms with van der Waals surface area (Å²) in [7, 11) is 0. The molecule has 2 aliphatic carbocycles. The summed E-state index contributed by atoms with van der Waals surface area (Å²) in [5.41, 5.74) is 5.88. The van der Waals surface area contributed by atoms with E-state index in [0.29, 0.717) is 24.9 Å². The van der Waals surface area contributed by atoms with Crippen LogP contribution in [0.2, 0.25) is 0 Å². The minimum atomic E-state index is -0.0499. The highest BCUT2D eigenvalue weighted by atomic mass is 16.5. The molecule has 1 saturated heterocycles. The third-order valence-corrected chi connectivity index (χ3v) is 4.89. The van der Waals surface area contributed by atoms with Crippen LogP contribution in [0.5, 0.6) is 0 Å². The number of carbonyl (C=O) groups is 1. The zero-order valence-electron chi connectivity index (χ0n) is 9.73. The lowest BCUT2D eigenvalue weighted by atomic mass is 9.82. The Morgan fingerprint density at radius 3 is 2.69 bits per heavy atom. The maximum absolute atomic E-state index is 12.1. The SMILES string of the molecule is NC1COCC1C(=O)CC1CC2CCC1C2. The van der Waals surface area contributed by atoms with Gasteiger partial charge in [0.25, 0.3) is 0 Å². The van der Waals surface area contributed by atoms with Gasteiger partial charge in [-0.2, -0.15) is 0 Å². The summed E-state index contributed by atoms with van der Waals surface area (Å²) >= 11 is 0. The van der Waals surface area contributed by atoms with Gasteiger partial charge >= 0.3 is 0 Å². The van der Waals surface area contributed by atoms with Gasteiger partial charge in [0.2, 0.25) is 0 Å². The largest absolute Gasteiger partial charge is 0.379 e. The Labute approximate surface area is 96.7 Å². The lowest BCUT2D eigenvalue weighted by Gasteiger charge is -2.22. The molecular formula is C13H21NO2. The van der Waals surface area contributed by atoms with Crippen LogP contribution in [-0.2, 0) is 9.53 Å². The molecule has 5 unspecified atom stereocenters. The fourth-order valence-corrected chi connectivity index (χ4v) is 3.94. The molecule has 0 aromatic carbocycles. The molecular weight excluding hydrogens is 202 g/mol. The quantitative estimate of drug-likeness (QED) is 0.786. The Morgan fingerprint density at radius 2 is 2.12 bits per heavy atom.